The van der Waals surface area contributed by atoms with Gasteiger partial charge in [0.15, 0.2) is 0 Å². The fourth-order valence-corrected chi connectivity index (χ4v) is 3.79. The highest BCUT2D eigenvalue weighted by Crippen LogP contribution is 2.38. The van der Waals surface area contributed by atoms with Gasteiger partial charge in [0.05, 0.1) is 22.7 Å². The van der Waals surface area contributed by atoms with Crippen molar-refractivity contribution < 1.29 is 19.3 Å². The first-order valence-electron chi connectivity index (χ1n) is 9.25. The molecule has 2 heterocycles. The molecule has 2 amide bonds. The first-order chi connectivity index (χ1) is 14.5. The van der Waals surface area contributed by atoms with Crippen molar-refractivity contribution >= 4 is 39.7 Å². The summed E-state index contributed by atoms with van der Waals surface area (Å²) in [7, 11) is 0. The fraction of sp³-hybridized carbons (Fsp3) is 0.0909. The van der Waals surface area contributed by atoms with Crippen LogP contribution in [0.2, 0.25) is 0 Å². The van der Waals surface area contributed by atoms with Crippen LogP contribution in [0, 0.1) is 10.1 Å². The maximum atomic E-state index is 13.2. The molecule has 3 aromatic rings. The molecule has 2 aliphatic heterocycles. The van der Waals surface area contributed by atoms with E-state index in [1.807, 2.05) is 30.3 Å². The largest absolute Gasteiger partial charge is 0.274 e. The number of hydrogen-bond donors (Lipinski definition) is 1. The van der Waals surface area contributed by atoms with E-state index >= 15 is 0 Å². The summed E-state index contributed by atoms with van der Waals surface area (Å²) in [6.45, 7) is 0. The van der Waals surface area contributed by atoms with Crippen molar-refractivity contribution in [3.8, 4) is 0 Å². The highest BCUT2D eigenvalue weighted by atomic mass is 16.7. The number of nitro benzene ring substituents is 1. The topological polar surface area (TPSA) is 102 Å². The highest BCUT2D eigenvalue weighted by Gasteiger charge is 2.55. The molecule has 148 valence electrons. The van der Waals surface area contributed by atoms with Crippen molar-refractivity contribution in [1.29, 1.82) is 0 Å². The van der Waals surface area contributed by atoms with Crippen molar-refractivity contribution in [3.63, 3.8) is 0 Å². The lowest BCUT2D eigenvalue weighted by Crippen LogP contribution is -2.40. The SMILES string of the molecule is O=C1C[C@@]2(C=C(c3ccc([N+](=O)[O-])cc3)NO2)C(=O)N1c1ccc2ccccc2c1. The van der Waals surface area contributed by atoms with E-state index in [0.717, 1.165) is 15.7 Å². The molecular formula is C22H15N3O5. The molecule has 8 heteroatoms. The van der Waals surface area contributed by atoms with Gasteiger partial charge in [-0.3, -0.25) is 30.0 Å². The Bertz CT molecular complexity index is 1250. The van der Waals surface area contributed by atoms with Crippen molar-refractivity contribution in [3.05, 3.63) is 88.5 Å². The van der Waals surface area contributed by atoms with E-state index in [1.54, 1.807) is 30.3 Å². The van der Waals surface area contributed by atoms with Gasteiger partial charge in [0, 0.05) is 17.7 Å². The van der Waals surface area contributed by atoms with Crippen LogP contribution < -0.4 is 10.4 Å². The highest BCUT2D eigenvalue weighted by molar-refractivity contribution is 6.25. The Morgan fingerprint density at radius 1 is 1.00 bits per heavy atom. The Labute approximate surface area is 170 Å². The Morgan fingerprint density at radius 3 is 2.47 bits per heavy atom. The second-order valence-electron chi connectivity index (χ2n) is 7.20. The van der Waals surface area contributed by atoms with E-state index in [0.29, 0.717) is 16.9 Å². The number of non-ortho nitro benzene ring substituents is 1. The minimum absolute atomic E-state index is 0.0393. The Hall–Kier alpha value is -4.04. The van der Waals surface area contributed by atoms with Crippen LogP contribution in [0.3, 0.4) is 0 Å². The molecule has 0 aromatic heterocycles. The Morgan fingerprint density at radius 2 is 1.73 bits per heavy atom. The molecule has 1 N–H and O–H groups in total. The van der Waals surface area contributed by atoms with Crippen molar-refractivity contribution in [2.75, 3.05) is 4.90 Å². The zero-order valence-electron chi connectivity index (χ0n) is 15.6. The molecule has 0 unspecified atom stereocenters. The Kier molecular flexibility index (Phi) is 3.90. The molecule has 30 heavy (non-hydrogen) atoms. The lowest BCUT2D eigenvalue weighted by molar-refractivity contribution is -0.384. The number of anilines is 1. The number of imide groups is 1. The number of benzene rings is 3. The van der Waals surface area contributed by atoms with Gasteiger partial charge in [-0.2, -0.15) is 0 Å². The van der Waals surface area contributed by atoms with E-state index in [4.69, 9.17) is 4.84 Å². The van der Waals surface area contributed by atoms with Crippen LogP contribution in [0.1, 0.15) is 12.0 Å². The summed E-state index contributed by atoms with van der Waals surface area (Å²) in [6.07, 6.45) is 1.43. The van der Waals surface area contributed by atoms with E-state index < -0.39 is 16.4 Å². The molecule has 2 aliphatic rings. The number of rotatable bonds is 3. The van der Waals surface area contributed by atoms with Crippen molar-refractivity contribution in [1.82, 2.24) is 5.48 Å². The molecule has 5 rings (SSSR count). The summed E-state index contributed by atoms with van der Waals surface area (Å²) in [5, 5.41) is 12.8. The summed E-state index contributed by atoms with van der Waals surface area (Å²) < 4.78 is 0. The van der Waals surface area contributed by atoms with Crippen LogP contribution in [0.15, 0.2) is 72.8 Å². The van der Waals surface area contributed by atoms with Gasteiger partial charge in [-0.05, 0) is 41.1 Å². The van der Waals surface area contributed by atoms with Gasteiger partial charge in [-0.15, -0.1) is 0 Å². The molecule has 0 bridgehead atoms. The molecule has 8 nitrogen and oxygen atoms in total. The van der Waals surface area contributed by atoms with Gasteiger partial charge in [0.2, 0.25) is 11.5 Å². The number of amides is 2. The second kappa shape index (κ2) is 6.50. The summed E-state index contributed by atoms with van der Waals surface area (Å²) >= 11 is 0. The summed E-state index contributed by atoms with van der Waals surface area (Å²) in [4.78, 5) is 43.0. The number of nitrogens with zero attached hydrogens (tertiary/aromatic N) is 2. The predicted octanol–water partition coefficient (Wildman–Crippen LogP) is 3.33. The Balaban J connectivity index is 1.47. The van der Waals surface area contributed by atoms with E-state index in [9.17, 15) is 19.7 Å². The van der Waals surface area contributed by atoms with Crippen LogP contribution in [-0.2, 0) is 14.4 Å². The fourth-order valence-electron chi connectivity index (χ4n) is 3.79. The quantitative estimate of drug-likeness (QED) is 0.410. The van der Waals surface area contributed by atoms with Crippen LogP contribution >= 0.6 is 0 Å². The third kappa shape index (κ3) is 2.73. The maximum absolute atomic E-state index is 13.2. The van der Waals surface area contributed by atoms with Crippen molar-refractivity contribution in [2.45, 2.75) is 12.0 Å². The summed E-state index contributed by atoms with van der Waals surface area (Å²) in [6, 6.07) is 18.9. The molecule has 1 spiro atoms. The predicted molar refractivity (Wildman–Crippen MR) is 109 cm³/mol. The molecule has 0 radical (unpaired) electrons. The second-order valence-corrected chi connectivity index (χ2v) is 7.20. The lowest BCUT2D eigenvalue weighted by Gasteiger charge is -2.19. The monoisotopic (exact) mass is 401 g/mol. The smallest absolute Gasteiger partial charge is 0.273 e. The third-order valence-corrected chi connectivity index (χ3v) is 5.33. The summed E-state index contributed by atoms with van der Waals surface area (Å²) in [5.41, 5.74) is 2.79. The van der Waals surface area contributed by atoms with Crippen LogP contribution in [-0.4, -0.2) is 22.3 Å². The number of hydrogen-bond acceptors (Lipinski definition) is 6. The molecule has 3 aromatic carbocycles. The standard InChI is InChI=1S/C22H15N3O5/c26-20-13-22(12-19(23-30-22)15-6-8-17(9-7-15)25(28)29)21(27)24(20)18-10-5-14-3-1-2-4-16(14)11-18/h1-12,23H,13H2/t22-/m0/s1. The molecule has 1 atom stereocenters. The van der Waals surface area contributed by atoms with E-state index in [1.165, 1.54) is 12.1 Å². The zero-order valence-corrected chi connectivity index (χ0v) is 15.6. The maximum Gasteiger partial charge on any atom is 0.273 e. The van der Waals surface area contributed by atoms with Gasteiger partial charge in [-0.1, -0.05) is 30.3 Å². The molecule has 1 fully saturated rings. The molecule has 0 aliphatic carbocycles. The number of nitro groups is 1. The minimum atomic E-state index is -1.44. The molecule has 1 saturated heterocycles. The average Bonchev–Trinajstić information content (AvgIpc) is 3.28. The number of hydroxylamine groups is 1. The van der Waals surface area contributed by atoms with Crippen LogP contribution in [0.4, 0.5) is 11.4 Å². The normalized spacial score (nSPS) is 20.7. The minimum Gasteiger partial charge on any atom is -0.274 e. The number of carbonyl (C=O) groups excluding carboxylic acids is 2. The van der Waals surface area contributed by atoms with Gasteiger partial charge in [-0.25, -0.2) is 4.90 Å². The third-order valence-electron chi connectivity index (χ3n) is 5.33. The molecule has 0 saturated carbocycles. The number of carbonyl (C=O) groups is 2. The van der Waals surface area contributed by atoms with E-state index in [2.05, 4.69) is 5.48 Å². The van der Waals surface area contributed by atoms with E-state index in [-0.39, 0.29) is 18.0 Å². The van der Waals surface area contributed by atoms with Crippen LogP contribution in [0.5, 0.6) is 0 Å². The lowest BCUT2D eigenvalue weighted by atomic mass is 9.99. The first kappa shape index (κ1) is 18.0. The average molecular weight is 401 g/mol. The van der Waals surface area contributed by atoms with Crippen LogP contribution in [0.25, 0.3) is 16.5 Å². The summed E-state index contributed by atoms with van der Waals surface area (Å²) in [5.74, 6) is -0.842. The van der Waals surface area contributed by atoms with Gasteiger partial charge >= 0.3 is 0 Å². The van der Waals surface area contributed by atoms with Crippen molar-refractivity contribution in [2.24, 2.45) is 0 Å². The van der Waals surface area contributed by atoms with Gasteiger partial charge in [0.1, 0.15) is 0 Å². The first-order valence-corrected chi connectivity index (χ1v) is 9.25. The molecular weight excluding hydrogens is 386 g/mol. The zero-order chi connectivity index (χ0) is 20.9. The van der Waals surface area contributed by atoms with Gasteiger partial charge < -0.3 is 0 Å². The number of fused-ring (bicyclic) bond motifs is 1. The van der Waals surface area contributed by atoms with Gasteiger partial charge in [0.25, 0.3) is 11.6 Å². The number of nitrogens with one attached hydrogen (secondary N) is 1.